The first-order chi connectivity index (χ1) is 11.1. The molecule has 0 saturated carbocycles. The summed E-state index contributed by atoms with van der Waals surface area (Å²) in [6, 6.07) is 0.141. The van der Waals surface area contributed by atoms with Crippen molar-refractivity contribution in [3.8, 4) is 0 Å². The van der Waals surface area contributed by atoms with Gasteiger partial charge in [0.25, 0.3) is 5.91 Å². The van der Waals surface area contributed by atoms with Crippen LogP contribution < -0.4 is 5.32 Å². The number of carbonyl (C=O) groups is 2. The number of nitrogens with zero attached hydrogens (tertiary/aromatic N) is 3. The zero-order valence-corrected chi connectivity index (χ0v) is 14.6. The van der Waals surface area contributed by atoms with E-state index in [0.29, 0.717) is 13.1 Å². The number of hydrogen-bond donors (Lipinski definition) is 1. The van der Waals surface area contributed by atoms with Gasteiger partial charge in [-0.3, -0.25) is 4.79 Å². The number of piperidine rings is 1. The number of likely N-dealkylation sites (tertiary alicyclic amines) is 1. The van der Waals surface area contributed by atoms with Crippen molar-refractivity contribution in [2.75, 3.05) is 26.2 Å². The highest BCUT2D eigenvalue weighted by Crippen LogP contribution is 2.24. The van der Waals surface area contributed by atoms with E-state index >= 15 is 0 Å². The minimum atomic E-state index is 0.00324. The molecular weight excluding hydrogens is 312 g/mol. The Hall–Kier alpha value is -1.63. The van der Waals surface area contributed by atoms with Crippen molar-refractivity contribution in [1.82, 2.24) is 20.1 Å². The zero-order chi connectivity index (χ0) is 16.4. The highest BCUT2D eigenvalue weighted by Gasteiger charge is 2.33. The van der Waals surface area contributed by atoms with Crippen molar-refractivity contribution in [3.05, 3.63) is 15.6 Å². The standard InChI is InChI=1S/C16H24N4O2S/c1-3-5-13-18-11(2)14(23-13)15(21)19-8-4-6-12(10-19)20-9-7-17-16(20)22/h12H,3-10H2,1-2H3,(H,17,22)/t12-/m1/s1. The van der Waals surface area contributed by atoms with Gasteiger partial charge in [0.05, 0.1) is 16.7 Å². The highest BCUT2D eigenvalue weighted by atomic mass is 32.1. The van der Waals surface area contributed by atoms with E-state index in [0.717, 1.165) is 54.4 Å². The Morgan fingerprint density at radius 3 is 2.96 bits per heavy atom. The number of hydrogen-bond acceptors (Lipinski definition) is 4. The molecule has 3 amide bonds. The number of carbonyl (C=O) groups excluding carboxylic acids is 2. The van der Waals surface area contributed by atoms with Gasteiger partial charge in [0.1, 0.15) is 4.88 Å². The number of rotatable bonds is 4. The van der Waals surface area contributed by atoms with Gasteiger partial charge in [-0.25, -0.2) is 9.78 Å². The Labute approximate surface area is 140 Å². The Kier molecular flexibility index (Phi) is 4.84. The lowest BCUT2D eigenvalue weighted by Gasteiger charge is -2.36. The van der Waals surface area contributed by atoms with Crippen molar-refractivity contribution < 1.29 is 9.59 Å². The molecule has 1 N–H and O–H groups in total. The summed E-state index contributed by atoms with van der Waals surface area (Å²) in [4.78, 5) is 33.8. The number of amides is 3. The second-order valence-corrected chi connectivity index (χ2v) is 7.33. The van der Waals surface area contributed by atoms with E-state index in [1.165, 1.54) is 11.3 Å². The van der Waals surface area contributed by atoms with Gasteiger partial charge in [-0.05, 0) is 32.6 Å². The van der Waals surface area contributed by atoms with Gasteiger partial charge in [0.15, 0.2) is 0 Å². The summed E-state index contributed by atoms with van der Waals surface area (Å²) in [5, 5.41) is 3.89. The molecule has 3 rings (SSSR count). The Bertz CT molecular complexity index is 601. The molecule has 1 atom stereocenters. The van der Waals surface area contributed by atoms with E-state index in [1.807, 2.05) is 16.7 Å². The maximum atomic E-state index is 12.9. The molecule has 2 aliphatic heterocycles. The number of aromatic nitrogens is 1. The third kappa shape index (κ3) is 3.34. The van der Waals surface area contributed by atoms with Crippen LogP contribution in [0.4, 0.5) is 4.79 Å². The van der Waals surface area contributed by atoms with Crippen LogP contribution in [0.2, 0.25) is 0 Å². The summed E-state index contributed by atoms with van der Waals surface area (Å²) in [5.74, 6) is 0.0756. The van der Waals surface area contributed by atoms with Crippen LogP contribution >= 0.6 is 11.3 Å². The van der Waals surface area contributed by atoms with Gasteiger partial charge < -0.3 is 15.1 Å². The van der Waals surface area contributed by atoms with E-state index in [4.69, 9.17) is 0 Å². The molecule has 2 saturated heterocycles. The molecule has 0 radical (unpaired) electrons. The molecule has 23 heavy (non-hydrogen) atoms. The van der Waals surface area contributed by atoms with Crippen LogP contribution in [-0.2, 0) is 6.42 Å². The van der Waals surface area contributed by atoms with Crippen molar-refractivity contribution in [2.45, 2.75) is 45.6 Å². The average Bonchev–Trinajstić information content (AvgIpc) is 3.13. The van der Waals surface area contributed by atoms with Crippen LogP contribution in [0.25, 0.3) is 0 Å². The van der Waals surface area contributed by atoms with E-state index in [-0.39, 0.29) is 18.0 Å². The summed E-state index contributed by atoms with van der Waals surface area (Å²) >= 11 is 1.52. The van der Waals surface area contributed by atoms with E-state index < -0.39 is 0 Å². The van der Waals surface area contributed by atoms with Gasteiger partial charge in [0, 0.05) is 26.2 Å². The topological polar surface area (TPSA) is 65.5 Å². The zero-order valence-electron chi connectivity index (χ0n) is 13.8. The van der Waals surface area contributed by atoms with Gasteiger partial charge in [-0.1, -0.05) is 6.92 Å². The van der Waals surface area contributed by atoms with Crippen molar-refractivity contribution in [3.63, 3.8) is 0 Å². The Morgan fingerprint density at radius 1 is 1.43 bits per heavy atom. The smallest absolute Gasteiger partial charge is 0.317 e. The number of thiazole rings is 1. The summed E-state index contributed by atoms with van der Waals surface area (Å²) in [6.07, 6.45) is 3.88. The third-order valence-corrected chi connectivity index (χ3v) is 5.72. The second-order valence-electron chi connectivity index (χ2n) is 6.24. The lowest BCUT2D eigenvalue weighted by Crippen LogP contribution is -2.50. The van der Waals surface area contributed by atoms with Gasteiger partial charge in [-0.2, -0.15) is 0 Å². The predicted octanol–water partition coefficient (Wildman–Crippen LogP) is 2.03. The quantitative estimate of drug-likeness (QED) is 0.915. The summed E-state index contributed by atoms with van der Waals surface area (Å²) in [6.45, 7) is 6.88. The molecule has 126 valence electrons. The molecule has 0 unspecified atom stereocenters. The molecule has 0 aliphatic carbocycles. The molecule has 1 aromatic rings. The normalized spacial score (nSPS) is 21.7. The molecule has 2 fully saturated rings. The summed E-state index contributed by atoms with van der Waals surface area (Å²) in [5.41, 5.74) is 0.837. The summed E-state index contributed by atoms with van der Waals surface area (Å²) in [7, 11) is 0. The first kappa shape index (κ1) is 16.2. The second kappa shape index (κ2) is 6.86. The van der Waals surface area contributed by atoms with Crippen LogP contribution in [0.5, 0.6) is 0 Å². The molecule has 3 heterocycles. The van der Waals surface area contributed by atoms with E-state index in [9.17, 15) is 9.59 Å². The Morgan fingerprint density at radius 2 is 2.26 bits per heavy atom. The minimum Gasteiger partial charge on any atom is -0.336 e. The number of urea groups is 1. The monoisotopic (exact) mass is 336 g/mol. The van der Waals surface area contributed by atoms with Crippen LogP contribution in [0.1, 0.15) is 46.6 Å². The maximum absolute atomic E-state index is 12.9. The van der Waals surface area contributed by atoms with Crippen LogP contribution in [0, 0.1) is 6.92 Å². The molecular formula is C16H24N4O2S. The van der Waals surface area contributed by atoms with Gasteiger partial charge >= 0.3 is 6.03 Å². The largest absolute Gasteiger partial charge is 0.336 e. The first-order valence-corrected chi connectivity index (χ1v) is 9.22. The van der Waals surface area contributed by atoms with E-state index in [2.05, 4.69) is 17.2 Å². The van der Waals surface area contributed by atoms with E-state index in [1.54, 1.807) is 0 Å². The molecule has 0 aromatic carbocycles. The maximum Gasteiger partial charge on any atom is 0.317 e. The van der Waals surface area contributed by atoms with Crippen molar-refractivity contribution in [2.24, 2.45) is 0 Å². The molecule has 7 heteroatoms. The SMILES string of the molecule is CCCc1nc(C)c(C(=O)N2CCC[C@@H](N3CCNC3=O)C2)s1. The number of nitrogens with one attached hydrogen (secondary N) is 1. The molecule has 0 bridgehead atoms. The molecule has 1 aromatic heterocycles. The average molecular weight is 336 g/mol. The number of aryl methyl sites for hydroxylation is 2. The fraction of sp³-hybridized carbons (Fsp3) is 0.688. The van der Waals surface area contributed by atoms with Gasteiger partial charge in [0.2, 0.25) is 0 Å². The molecule has 6 nitrogen and oxygen atoms in total. The van der Waals surface area contributed by atoms with Crippen LogP contribution in [0.3, 0.4) is 0 Å². The van der Waals surface area contributed by atoms with Crippen molar-refractivity contribution >= 4 is 23.3 Å². The van der Waals surface area contributed by atoms with Gasteiger partial charge in [-0.15, -0.1) is 11.3 Å². The fourth-order valence-electron chi connectivity index (χ4n) is 3.34. The highest BCUT2D eigenvalue weighted by molar-refractivity contribution is 7.13. The van der Waals surface area contributed by atoms with Crippen molar-refractivity contribution in [1.29, 1.82) is 0 Å². The van der Waals surface area contributed by atoms with Crippen LogP contribution in [0.15, 0.2) is 0 Å². The predicted molar refractivity (Wildman–Crippen MR) is 89.9 cm³/mol. The van der Waals surface area contributed by atoms with Crippen LogP contribution in [-0.4, -0.2) is 58.9 Å². The third-order valence-electron chi connectivity index (χ3n) is 4.51. The molecule has 0 spiro atoms. The first-order valence-electron chi connectivity index (χ1n) is 8.40. The summed E-state index contributed by atoms with van der Waals surface area (Å²) < 4.78 is 0. The molecule has 2 aliphatic rings. The fourth-order valence-corrected chi connectivity index (χ4v) is 4.48. The lowest BCUT2D eigenvalue weighted by atomic mass is 10.0. The lowest BCUT2D eigenvalue weighted by molar-refractivity contribution is 0.0638. The Balaban J connectivity index is 1.70. The minimum absolute atomic E-state index is 0.00324.